The van der Waals surface area contributed by atoms with Crippen molar-refractivity contribution in [1.82, 2.24) is 0 Å². The van der Waals surface area contributed by atoms with E-state index >= 15 is 0 Å². The fraction of sp³-hybridized carbons (Fsp3) is 0.600. The third kappa shape index (κ3) is 8.63. The summed E-state index contributed by atoms with van der Waals surface area (Å²) in [6, 6.07) is 0. The molecule has 0 N–H and O–H groups in total. The van der Waals surface area contributed by atoms with E-state index in [9.17, 15) is 0 Å². The summed E-state index contributed by atoms with van der Waals surface area (Å²) < 4.78 is 0. The summed E-state index contributed by atoms with van der Waals surface area (Å²) >= 11 is 0. The first-order valence-electron chi connectivity index (χ1n) is 4.10. The molecular formula is C10H14ClMg-. The molecule has 0 aromatic carbocycles. The van der Waals surface area contributed by atoms with Crippen LogP contribution in [0.2, 0.25) is 0 Å². The average Bonchev–Trinajstić information content (AvgIpc) is 2.67. The number of halogens is 1. The molecule has 0 atom stereocenters. The molecule has 0 amide bonds. The standard InChI is InChI=1S/2C5H7.ClH.Mg/c2*1-2-4-5-3-1;;/h2*1H,2,4-5H2;1H;/q2*-1;;+2/p-1. The quantitative estimate of drug-likeness (QED) is 0.366. The second-order valence-electron chi connectivity index (χ2n) is 2.60. The molecule has 0 saturated heterocycles. The average molecular weight is 194 g/mol. The Hall–Kier alpha value is 0.536. The number of rotatable bonds is 0. The molecule has 2 rings (SSSR count). The Morgan fingerprint density at radius 1 is 0.833 bits per heavy atom. The Labute approximate surface area is 98.1 Å². The summed E-state index contributed by atoms with van der Waals surface area (Å²) in [5.41, 5.74) is 0. The van der Waals surface area contributed by atoms with E-state index < -0.39 is 0 Å². The van der Waals surface area contributed by atoms with Gasteiger partial charge in [0.2, 0.25) is 0 Å². The summed E-state index contributed by atoms with van der Waals surface area (Å²) in [6.45, 7) is 0. The van der Waals surface area contributed by atoms with Gasteiger partial charge in [-0.05, 0) is 0 Å². The van der Waals surface area contributed by atoms with Crippen molar-refractivity contribution >= 4 is 23.1 Å². The van der Waals surface area contributed by atoms with Crippen LogP contribution in [0.25, 0.3) is 0 Å². The molecule has 0 heterocycles. The molecule has 0 fully saturated rings. The number of hydrogen-bond acceptors (Lipinski definition) is 0. The third-order valence-electron chi connectivity index (χ3n) is 1.63. The Kier molecular flexibility index (Phi) is 14.4. The zero-order valence-electron chi connectivity index (χ0n) is 7.48. The van der Waals surface area contributed by atoms with E-state index in [1.807, 2.05) is 0 Å². The number of allylic oxidation sites excluding steroid dienone is 4. The summed E-state index contributed by atoms with van der Waals surface area (Å²) in [4.78, 5) is 0. The minimum absolute atomic E-state index is 0. The molecule has 2 heteroatoms. The van der Waals surface area contributed by atoms with Crippen molar-refractivity contribution < 1.29 is 12.4 Å². The fourth-order valence-corrected chi connectivity index (χ4v) is 1.02. The summed E-state index contributed by atoms with van der Waals surface area (Å²) in [6.07, 6.45) is 18.0. The van der Waals surface area contributed by atoms with Crippen molar-refractivity contribution in [3.8, 4) is 0 Å². The van der Waals surface area contributed by atoms with Gasteiger partial charge in [-0.2, -0.15) is 12.8 Å². The molecule has 2 aliphatic carbocycles. The van der Waals surface area contributed by atoms with Gasteiger partial charge in [-0.1, -0.05) is 25.7 Å². The van der Waals surface area contributed by atoms with E-state index in [0.29, 0.717) is 0 Å². The first-order valence-corrected chi connectivity index (χ1v) is 4.10. The van der Waals surface area contributed by atoms with Crippen molar-refractivity contribution in [2.45, 2.75) is 38.5 Å². The van der Waals surface area contributed by atoms with Crippen molar-refractivity contribution in [2.24, 2.45) is 0 Å². The minimum Gasteiger partial charge on any atom is -1.00 e. The summed E-state index contributed by atoms with van der Waals surface area (Å²) in [5, 5.41) is 0. The van der Waals surface area contributed by atoms with Gasteiger partial charge in [0.1, 0.15) is 0 Å². The molecule has 0 saturated carbocycles. The third-order valence-corrected chi connectivity index (χ3v) is 1.63. The van der Waals surface area contributed by atoms with Gasteiger partial charge in [0.15, 0.2) is 0 Å². The van der Waals surface area contributed by atoms with Gasteiger partial charge >= 0.3 is 23.1 Å². The van der Waals surface area contributed by atoms with Crippen LogP contribution in [-0.4, -0.2) is 23.1 Å². The van der Waals surface area contributed by atoms with Crippen molar-refractivity contribution in [3.05, 3.63) is 24.3 Å². The van der Waals surface area contributed by atoms with Gasteiger partial charge in [-0.3, -0.25) is 12.2 Å². The molecule has 12 heavy (non-hydrogen) atoms. The van der Waals surface area contributed by atoms with Crippen LogP contribution in [0.3, 0.4) is 0 Å². The van der Waals surface area contributed by atoms with E-state index in [1.54, 1.807) is 0 Å². The zero-order chi connectivity index (χ0) is 7.07. The van der Waals surface area contributed by atoms with Crippen LogP contribution in [0, 0.1) is 12.2 Å². The molecule has 2 aliphatic rings. The molecule has 0 aliphatic heterocycles. The van der Waals surface area contributed by atoms with Crippen LogP contribution in [0.15, 0.2) is 12.2 Å². The van der Waals surface area contributed by atoms with E-state index in [0.717, 1.165) is 0 Å². The van der Waals surface area contributed by atoms with Crippen LogP contribution in [-0.2, 0) is 0 Å². The van der Waals surface area contributed by atoms with Crippen molar-refractivity contribution in [3.63, 3.8) is 0 Å². The molecule has 0 bridgehead atoms. The zero-order valence-corrected chi connectivity index (χ0v) is 9.65. The second kappa shape index (κ2) is 11.5. The van der Waals surface area contributed by atoms with Crippen molar-refractivity contribution in [2.75, 3.05) is 0 Å². The molecule has 0 unspecified atom stereocenters. The van der Waals surface area contributed by atoms with Gasteiger partial charge in [-0.15, -0.1) is 0 Å². The Morgan fingerprint density at radius 2 is 1.25 bits per heavy atom. The normalized spacial score (nSPS) is 17.3. The van der Waals surface area contributed by atoms with E-state index in [4.69, 9.17) is 0 Å². The number of hydrogen-bond donors (Lipinski definition) is 0. The Bertz CT molecular complexity index is 102. The smallest absolute Gasteiger partial charge is 1.00 e. The summed E-state index contributed by atoms with van der Waals surface area (Å²) in [5.74, 6) is 0. The largest absolute Gasteiger partial charge is 2.00 e. The van der Waals surface area contributed by atoms with Gasteiger partial charge in [0.25, 0.3) is 0 Å². The first kappa shape index (κ1) is 15.0. The van der Waals surface area contributed by atoms with Gasteiger partial charge in [0, 0.05) is 0 Å². The molecule has 0 aromatic heterocycles. The molecule has 0 aromatic rings. The van der Waals surface area contributed by atoms with Gasteiger partial charge < -0.3 is 24.6 Å². The van der Waals surface area contributed by atoms with E-state index in [1.165, 1.54) is 38.5 Å². The molecule has 0 nitrogen and oxygen atoms in total. The maximum Gasteiger partial charge on any atom is 2.00 e. The Balaban J connectivity index is 0. The monoisotopic (exact) mass is 193 g/mol. The first-order chi connectivity index (χ1) is 5.00. The van der Waals surface area contributed by atoms with Crippen LogP contribution in [0.5, 0.6) is 0 Å². The maximum atomic E-state index is 3.10. The summed E-state index contributed by atoms with van der Waals surface area (Å²) in [7, 11) is 0. The molecular weight excluding hydrogens is 180 g/mol. The van der Waals surface area contributed by atoms with Crippen LogP contribution >= 0.6 is 0 Å². The van der Waals surface area contributed by atoms with E-state index in [-0.39, 0.29) is 35.5 Å². The van der Waals surface area contributed by atoms with Gasteiger partial charge in [0.05, 0.1) is 0 Å². The van der Waals surface area contributed by atoms with Crippen LogP contribution in [0.4, 0.5) is 0 Å². The predicted molar refractivity (Wildman–Crippen MR) is 49.1 cm³/mol. The minimum atomic E-state index is 0. The SMILES string of the molecule is [C-]1=CCCC1.[C-]1=CCCC1.[Cl-].[Mg+2]. The van der Waals surface area contributed by atoms with Crippen LogP contribution in [0.1, 0.15) is 38.5 Å². The van der Waals surface area contributed by atoms with Gasteiger partial charge in [-0.25, -0.2) is 0 Å². The topological polar surface area (TPSA) is 0 Å². The fourth-order valence-electron chi connectivity index (χ4n) is 1.02. The molecule has 64 valence electrons. The van der Waals surface area contributed by atoms with E-state index in [2.05, 4.69) is 24.3 Å². The van der Waals surface area contributed by atoms with Crippen LogP contribution < -0.4 is 12.4 Å². The Morgan fingerprint density at radius 3 is 1.33 bits per heavy atom. The molecule has 0 spiro atoms. The second-order valence-corrected chi connectivity index (χ2v) is 2.60. The maximum absolute atomic E-state index is 3.10. The predicted octanol–water partition coefficient (Wildman–Crippen LogP) is -0.317. The van der Waals surface area contributed by atoms with Crippen molar-refractivity contribution in [1.29, 1.82) is 0 Å². The molecule has 0 radical (unpaired) electrons.